The van der Waals surface area contributed by atoms with Crippen LogP contribution in [0.25, 0.3) is 0 Å². The Morgan fingerprint density at radius 3 is 3.00 bits per heavy atom. The van der Waals surface area contributed by atoms with E-state index < -0.39 is 0 Å². The van der Waals surface area contributed by atoms with E-state index in [1.54, 1.807) is 18.2 Å². The molecule has 0 spiro atoms. The van der Waals surface area contributed by atoms with Gasteiger partial charge in [0.15, 0.2) is 0 Å². The number of rotatable bonds is 1. The van der Waals surface area contributed by atoms with Crippen molar-refractivity contribution in [2.24, 2.45) is 0 Å². The molecule has 0 heterocycles. The van der Waals surface area contributed by atoms with E-state index in [1.807, 2.05) is 6.07 Å². The van der Waals surface area contributed by atoms with Gasteiger partial charge in [0.1, 0.15) is 11.8 Å². The van der Waals surface area contributed by atoms with Gasteiger partial charge in [-0.25, -0.2) is 0 Å². The predicted octanol–water partition coefficient (Wildman–Crippen LogP) is 1.37. The van der Waals surface area contributed by atoms with Gasteiger partial charge in [0.25, 0.3) is 0 Å². The standard InChI is InChI=1S/C8H6NO/c1-10-8-5-3-2-4-7(8)6-9/h2-4H,1H3. The Balaban J connectivity index is 3.12. The van der Waals surface area contributed by atoms with Gasteiger partial charge in [-0.2, -0.15) is 5.26 Å². The normalized spacial score (nSPS) is 8.40. The van der Waals surface area contributed by atoms with Crippen molar-refractivity contribution in [3.05, 3.63) is 29.8 Å². The summed E-state index contributed by atoms with van der Waals surface area (Å²) in [5.41, 5.74) is 0.519. The summed E-state index contributed by atoms with van der Waals surface area (Å²) in [4.78, 5) is 0. The summed E-state index contributed by atoms with van der Waals surface area (Å²) in [6.45, 7) is 0. The van der Waals surface area contributed by atoms with Gasteiger partial charge in [0.2, 0.25) is 0 Å². The van der Waals surface area contributed by atoms with E-state index in [4.69, 9.17) is 10.00 Å². The molecule has 0 aliphatic heterocycles. The van der Waals surface area contributed by atoms with Crippen LogP contribution in [0.2, 0.25) is 0 Å². The summed E-state index contributed by atoms with van der Waals surface area (Å²) in [5, 5.41) is 8.50. The van der Waals surface area contributed by atoms with E-state index in [0.717, 1.165) is 0 Å². The van der Waals surface area contributed by atoms with E-state index in [-0.39, 0.29) is 0 Å². The summed E-state index contributed by atoms with van der Waals surface area (Å²) < 4.78 is 4.86. The lowest BCUT2D eigenvalue weighted by Crippen LogP contribution is -1.85. The van der Waals surface area contributed by atoms with Crippen LogP contribution in [-0.2, 0) is 0 Å². The van der Waals surface area contributed by atoms with E-state index in [0.29, 0.717) is 11.3 Å². The van der Waals surface area contributed by atoms with Crippen LogP contribution in [-0.4, -0.2) is 7.11 Å². The molecule has 0 atom stereocenters. The number of nitrogens with zero attached hydrogens (tertiary/aromatic N) is 1. The van der Waals surface area contributed by atoms with Gasteiger partial charge >= 0.3 is 0 Å². The lowest BCUT2D eigenvalue weighted by atomic mass is 10.2. The number of ether oxygens (including phenoxy) is 1. The zero-order valence-electron chi connectivity index (χ0n) is 5.59. The minimum Gasteiger partial charge on any atom is -0.495 e. The zero-order chi connectivity index (χ0) is 7.40. The fourth-order valence-corrected chi connectivity index (χ4v) is 0.678. The Bertz CT molecular complexity index is 262. The van der Waals surface area contributed by atoms with E-state index in [2.05, 4.69) is 6.07 Å². The molecule has 49 valence electrons. The maximum atomic E-state index is 8.50. The van der Waals surface area contributed by atoms with Gasteiger partial charge in [-0.05, 0) is 6.07 Å². The Morgan fingerprint density at radius 2 is 2.50 bits per heavy atom. The molecule has 0 N–H and O–H groups in total. The topological polar surface area (TPSA) is 33.0 Å². The second-order valence-corrected chi connectivity index (χ2v) is 1.73. The van der Waals surface area contributed by atoms with Crippen LogP contribution in [0.3, 0.4) is 0 Å². The number of methoxy groups -OCH3 is 1. The molecule has 1 radical (unpaired) electrons. The van der Waals surface area contributed by atoms with Crippen LogP contribution < -0.4 is 4.74 Å². The first-order chi connectivity index (χ1) is 4.88. The van der Waals surface area contributed by atoms with Crippen molar-refractivity contribution in [1.29, 1.82) is 5.26 Å². The van der Waals surface area contributed by atoms with E-state index in [9.17, 15) is 0 Å². The number of hydrogen-bond acceptors (Lipinski definition) is 2. The molecule has 0 bridgehead atoms. The third-order valence-electron chi connectivity index (χ3n) is 1.14. The lowest BCUT2D eigenvalue weighted by Gasteiger charge is -1.97. The number of para-hydroxylation sites is 1. The highest BCUT2D eigenvalue weighted by Crippen LogP contribution is 2.13. The van der Waals surface area contributed by atoms with Crippen LogP contribution in [0.15, 0.2) is 18.2 Å². The molecule has 0 saturated heterocycles. The van der Waals surface area contributed by atoms with Gasteiger partial charge < -0.3 is 4.74 Å². The molecule has 2 nitrogen and oxygen atoms in total. The molecule has 0 amide bonds. The van der Waals surface area contributed by atoms with Gasteiger partial charge in [0.05, 0.1) is 12.7 Å². The first-order valence-electron chi connectivity index (χ1n) is 2.83. The van der Waals surface area contributed by atoms with Crippen LogP contribution in [0, 0.1) is 17.4 Å². The van der Waals surface area contributed by atoms with Gasteiger partial charge in [-0.15, -0.1) is 0 Å². The predicted molar refractivity (Wildman–Crippen MR) is 36.5 cm³/mol. The maximum Gasteiger partial charge on any atom is 0.144 e. The molecule has 1 aromatic carbocycles. The minimum absolute atomic E-state index is 0.505. The first-order valence-corrected chi connectivity index (χ1v) is 2.83. The third-order valence-corrected chi connectivity index (χ3v) is 1.14. The minimum atomic E-state index is 0.505. The van der Waals surface area contributed by atoms with Crippen molar-refractivity contribution in [2.75, 3.05) is 7.11 Å². The molecular formula is C8H6NO. The highest BCUT2D eigenvalue weighted by molar-refractivity contribution is 5.41. The second-order valence-electron chi connectivity index (χ2n) is 1.73. The Kier molecular flexibility index (Phi) is 1.91. The lowest BCUT2D eigenvalue weighted by molar-refractivity contribution is 0.412. The van der Waals surface area contributed by atoms with Crippen LogP contribution in [0.1, 0.15) is 5.56 Å². The monoisotopic (exact) mass is 132 g/mol. The molecule has 0 aromatic heterocycles. The van der Waals surface area contributed by atoms with Crippen LogP contribution in [0.5, 0.6) is 5.75 Å². The maximum absolute atomic E-state index is 8.50. The average Bonchev–Trinajstić information content (AvgIpc) is 2.04. The highest BCUT2D eigenvalue weighted by atomic mass is 16.5. The Morgan fingerprint density at radius 1 is 1.70 bits per heavy atom. The SMILES string of the molecule is COc1[c]cccc1C#N. The Hall–Kier alpha value is -1.49. The first kappa shape index (κ1) is 6.63. The van der Waals surface area contributed by atoms with Crippen molar-refractivity contribution in [1.82, 2.24) is 0 Å². The van der Waals surface area contributed by atoms with Crippen LogP contribution in [0.4, 0.5) is 0 Å². The number of nitriles is 1. The van der Waals surface area contributed by atoms with Gasteiger partial charge in [-0.3, -0.25) is 0 Å². The number of benzene rings is 1. The summed E-state index contributed by atoms with van der Waals surface area (Å²) in [5.74, 6) is 0.505. The van der Waals surface area contributed by atoms with Crippen molar-refractivity contribution in [3.63, 3.8) is 0 Å². The molecule has 1 aromatic rings. The smallest absolute Gasteiger partial charge is 0.144 e. The fourth-order valence-electron chi connectivity index (χ4n) is 0.678. The molecule has 0 unspecified atom stereocenters. The van der Waals surface area contributed by atoms with Crippen LogP contribution >= 0.6 is 0 Å². The van der Waals surface area contributed by atoms with Crippen molar-refractivity contribution in [2.45, 2.75) is 0 Å². The highest BCUT2D eigenvalue weighted by Gasteiger charge is 1.97. The van der Waals surface area contributed by atoms with E-state index >= 15 is 0 Å². The summed E-state index contributed by atoms with van der Waals surface area (Å²) in [7, 11) is 1.52. The summed E-state index contributed by atoms with van der Waals surface area (Å²) in [6, 6.07) is 9.93. The summed E-state index contributed by atoms with van der Waals surface area (Å²) in [6.07, 6.45) is 0. The largest absolute Gasteiger partial charge is 0.495 e. The third kappa shape index (κ3) is 1.08. The Labute approximate surface area is 59.7 Å². The van der Waals surface area contributed by atoms with Crippen molar-refractivity contribution < 1.29 is 4.74 Å². The molecule has 2 heteroatoms. The zero-order valence-corrected chi connectivity index (χ0v) is 5.59. The second kappa shape index (κ2) is 2.88. The molecule has 0 saturated carbocycles. The van der Waals surface area contributed by atoms with Crippen molar-refractivity contribution >= 4 is 0 Å². The molecule has 0 aliphatic carbocycles. The molecule has 1 rings (SSSR count). The molecule has 10 heavy (non-hydrogen) atoms. The fraction of sp³-hybridized carbons (Fsp3) is 0.125. The average molecular weight is 132 g/mol. The van der Waals surface area contributed by atoms with Gasteiger partial charge in [0, 0.05) is 6.07 Å². The van der Waals surface area contributed by atoms with Crippen molar-refractivity contribution in [3.8, 4) is 11.8 Å². The summed E-state index contributed by atoms with van der Waals surface area (Å²) >= 11 is 0. The van der Waals surface area contributed by atoms with Gasteiger partial charge in [-0.1, -0.05) is 12.1 Å². The molecular weight excluding hydrogens is 126 g/mol. The molecule has 0 aliphatic rings. The molecule has 0 fully saturated rings. The van der Waals surface area contributed by atoms with E-state index in [1.165, 1.54) is 7.11 Å². The number of hydrogen-bond donors (Lipinski definition) is 0. The quantitative estimate of drug-likeness (QED) is 0.578.